The van der Waals surface area contributed by atoms with Crippen LogP contribution in [0.1, 0.15) is 37.8 Å². The Morgan fingerprint density at radius 1 is 1.75 bits per heavy atom. The van der Waals surface area contributed by atoms with E-state index in [9.17, 15) is 0 Å². The lowest BCUT2D eigenvalue weighted by Crippen LogP contribution is -1.95. The quantitative estimate of drug-likeness (QED) is 0.726. The minimum Gasteiger partial charge on any atom is -0.444 e. The molecule has 66 valence electrons. The average molecular weight is 166 g/mol. The van der Waals surface area contributed by atoms with Gasteiger partial charge in [-0.1, -0.05) is 13.8 Å². The third-order valence-corrected chi connectivity index (χ3v) is 2.60. The predicted octanol–water partition coefficient (Wildman–Crippen LogP) is 1.65. The van der Waals surface area contributed by atoms with Gasteiger partial charge >= 0.3 is 0 Å². The molecule has 0 amide bonds. The number of hydrogen-bond donors (Lipinski definition) is 1. The van der Waals surface area contributed by atoms with Crippen molar-refractivity contribution >= 4 is 0 Å². The van der Waals surface area contributed by atoms with Gasteiger partial charge in [-0.3, -0.25) is 0 Å². The molecule has 1 unspecified atom stereocenters. The number of nitrogens with two attached hydrogens (primary N) is 1. The maximum Gasteiger partial charge on any atom is 0.208 e. The molecule has 1 atom stereocenters. The van der Waals surface area contributed by atoms with E-state index < -0.39 is 0 Å². The molecule has 1 heterocycles. The van der Waals surface area contributed by atoms with Gasteiger partial charge in [0.25, 0.3) is 0 Å². The molecule has 12 heavy (non-hydrogen) atoms. The fourth-order valence-corrected chi connectivity index (χ4v) is 1.53. The van der Waals surface area contributed by atoms with E-state index in [0.717, 1.165) is 5.76 Å². The van der Waals surface area contributed by atoms with Crippen LogP contribution in [0.25, 0.3) is 0 Å². The van der Waals surface area contributed by atoms with Crippen molar-refractivity contribution in [3.8, 4) is 0 Å². The summed E-state index contributed by atoms with van der Waals surface area (Å²) in [6.45, 7) is 4.87. The van der Waals surface area contributed by atoms with Gasteiger partial charge in [0.15, 0.2) is 0 Å². The highest BCUT2D eigenvalue weighted by Gasteiger charge is 2.48. The third-order valence-electron chi connectivity index (χ3n) is 2.60. The van der Waals surface area contributed by atoms with E-state index in [1.165, 1.54) is 6.42 Å². The first-order valence-electron chi connectivity index (χ1n) is 4.28. The van der Waals surface area contributed by atoms with Gasteiger partial charge in [0.1, 0.15) is 5.76 Å². The van der Waals surface area contributed by atoms with Crippen LogP contribution in [-0.2, 0) is 6.54 Å². The molecule has 1 aromatic heterocycles. The van der Waals surface area contributed by atoms with Crippen LogP contribution in [-0.4, -0.2) is 4.98 Å². The van der Waals surface area contributed by atoms with Crippen molar-refractivity contribution in [2.75, 3.05) is 0 Å². The van der Waals surface area contributed by atoms with Crippen molar-refractivity contribution in [1.29, 1.82) is 0 Å². The molecule has 0 aliphatic heterocycles. The van der Waals surface area contributed by atoms with Gasteiger partial charge in [0, 0.05) is 5.92 Å². The number of hydrogen-bond acceptors (Lipinski definition) is 3. The monoisotopic (exact) mass is 166 g/mol. The zero-order valence-corrected chi connectivity index (χ0v) is 7.50. The van der Waals surface area contributed by atoms with Crippen LogP contribution in [0.15, 0.2) is 10.6 Å². The zero-order valence-electron chi connectivity index (χ0n) is 7.50. The summed E-state index contributed by atoms with van der Waals surface area (Å²) in [7, 11) is 0. The maximum atomic E-state index is 5.46. The maximum absolute atomic E-state index is 5.46. The Morgan fingerprint density at radius 2 is 2.42 bits per heavy atom. The Balaban J connectivity index is 2.15. The summed E-state index contributed by atoms with van der Waals surface area (Å²) in [4.78, 5) is 4.07. The van der Waals surface area contributed by atoms with Crippen molar-refractivity contribution in [2.45, 2.75) is 32.7 Å². The van der Waals surface area contributed by atoms with Crippen LogP contribution < -0.4 is 5.73 Å². The first-order valence-corrected chi connectivity index (χ1v) is 4.28. The van der Waals surface area contributed by atoms with E-state index in [-0.39, 0.29) is 0 Å². The van der Waals surface area contributed by atoms with E-state index in [2.05, 4.69) is 18.8 Å². The molecule has 2 N–H and O–H groups in total. The van der Waals surface area contributed by atoms with Crippen LogP contribution in [0.5, 0.6) is 0 Å². The minimum atomic E-state index is 0.396. The van der Waals surface area contributed by atoms with Crippen molar-refractivity contribution < 1.29 is 4.42 Å². The molecule has 3 heteroatoms. The molecule has 1 aliphatic carbocycles. The van der Waals surface area contributed by atoms with Gasteiger partial charge in [-0.15, -0.1) is 0 Å². The van der Waals surface area contributed by atoms with Gasteiger partial charge in [-0.25, -0.2) is 4.98 Å². The summed E-state index contributed by atoms with van der Waals surface area (Å²) in [6.07, 6.45) is 3.01. The molecule has 1 aromatic rings. The van der Waals surface area contributed by atoms with Gasteiger partial charge in [0.2, 0.25) is 5.89 Å². The largest absolute Gasteiger partial charge is 0.444 e. The lowest BCUT2D eigenvalue weighted by molar-refractivity contribution is 0.440. The molecule has 2 rings (SSSR count). The van der Waals surface area contributed by atoms with Crippen LogP contribution >= 0.6 is 0 Å². The Kier molecular flexibility index (Phi) is 1.51. The summed E-state index contributed by atoms with van der Waals surface area (Å²) in [5.74, 6) is 2.21. The molecule has 1 aliphatic rings. The second-order valence-electron chi connectivity index (χ2n) is 4.11. The van der Waals surface area contributed by atoms with E-state index in [1.807, 2.05) is 6.20 Å². The SMILES string of the molecule is CC1(C)CC1c1cnc(CN)o1. The Morgan fingerprint density at radius 3 is 2.83 bits per heavy atom. The van der Waals surface area contributed by atoms with E-state index in [4.69, 9.17) is 10.2 Å². The Labute approximate surface area is 72.0 Å². The summed E-state index contributed by atoms with van der Waals surface area (Å²) < 4.78 is 5.46. The average Bonchev–Trinajstić information content (AvgIpc) is 2.52. The van der Waals surface area contributed by atoms with Crippen molar-refractivity contribution in [1.82, 2.24) is 4.98 Å². The van der Waals surface area contributed by atoms with E-state index in [1.54, 1.807) is 0 Å². The minimum absolute atomic E-state index is 0.396. The van der Waals surface area contributed by atoms with Crippen molar-refractivity contribution in [3.05, 3.63) is 17.8 Å². The highest BCUT2D eigenvalue weighted by Crippen LogP contribution is 2.58. The number of aromatic nitrogens is 1. The normalized spacial score (nSPS) is 25.8. The Bertz CT molecular complexity index is 290. The van der Waals surface area contributed by atoms with Crippen LogP contribution in [0.3, 0.4) is 0 Å². The first-order chi connectivity index (χ1) is 5.63. The molecule has 0 bridgehead atoms. The molecule has 3 nitrogen and oxygen atoms in total. The molecular formula is C9H14N2O. The topological polar surface area (TPSA) is 52.0 Å². The Hall–Kier alpha value is -0.830. The zero-order chi connectivity index (χ0) is 8.77. The number of rotatable bonds is 2. The highest BCUT2D eigenvalue weighted by atomic mass is 16.4. The van der Waals surface area contributed by atoms with E-state index >= 15 is 0 Å². The third kappa shape index (κ3) is 1.14. The molecule has 0 radical (unpaired) electrons. The molecule has 1 fully saturated rings. The molecular weight excluding hydrogens is 152 g/mol. The van der Waals surface area contributed by atoms with Crippen molar-refractivity contribution in [2.24, 2.45) is 11.1 Å². The standard InChI is InChI=1S/C9H14N2O/c1-9(2)3-6(9)7-5-11-8(4-10)12-7/h5-6H,3-4,10H2,1-2H3. The van der Waals surface area contributed by atoms with Gasteiger partial charge in [0.05, 0.1) is 12.7 Å². The summed E-state index contributed by atoms with van der Waals surface area (Å²) in [5.41, 5.74) is 5.80. The fraction of sp³-hybridized carbons (Fsp3) is 0.667. The second kappa shape index (κ2) is 2.33. The van der Waals surface area contributed by atoms with Gasteiger partial charge in [-0.2, -0.15) is 0 Å². The molecule has 0 spiro atoms. The summed E-state index contributed by atoms with van der Waals surface area (Å²) in [5, 5.41) is 0. The lowest BCUT2D eigenvalue weighted by Gasteiger charge is -1.97. The first kappa shape index (κ1) is 7.80. The van der Waals surface area contributed by atoms with E-state index in [0.29, 0.717) is 23.8 Å². The lowest BCUT2D eigenvalue weighted by atomic mass is 10.1. The number of nitrogens with zero attached hydrogens (tertiary/aromatic N) is 1. The molecule has 0 aromatic carbocycles. The smallest absolute Gasteiger partial charge is 0.208 e. The number of oxazole rings is 1. The molecule has 0 saturated heterocycles. The van der Waals surface area contributed by atoms with Crippen molar-refractivity contribution in [3.63, 3.8) is 0 Å². The van der Waals surface area contributed by atoms with Gasteiger partial charge < -0.3 is 10.2 Å². The fourth-order valence-electron chi connectivity index (χ4n) is 1.53. The highest BCUT2D eigenvalue weighted by molar-refractivity contribution is 5.17. The van der Waals surface area contributed by atoms with Crippen LogP contribution in [0.4, 0.5) is 0 Å². The second-order valence-corrected chi connectivity index (χ2v) is 4.11. The molecule has 1 saturated carbocycles. The van der Waals surface area contributed by atoms with Gasteiger partial charge in [-0.05, 0) is 11.8 Å². The summed E-state index contributed by atoms with van der Waals surface area (Å²) in [6, 6.07) is 0. The van der Waals surface area contributed by atoms with Crippen LogP contribution in [0, 0.1) is 5.41 Å². The van der Waals surface area contributed by atoms with Crippen LogP contribution in [0.2, 0.25) is 0 Å². The predicted molar refractivity (Wildman–Crippen MR) is 45.5 cm³/mol. The summed E-state index contributed by atoms with van der Waals surface area (Å²) >= 11 is 0.